The van der Waals surface area contributed by atoms with Crippen LogP contribution in [0.15, 0.2) is 78.9 Å². The number of carboxylic acid groups (broad SMARTS) is 1. The number of aliphatic carboxylic acids is 1. The summed E-state index contributed by atoms with van der Waals surface area (Å²) < 4.78 is 10.8. The molecule has 1 atom stereocenters. The summed E-state index contributed by atoms with van der Waals surface area (Å²) in [4.78, 5) is 23.9. The van der Waals surface area contributed by atoms with E-state index >= 15 is 0 Å². The van der Waals surface area contributed by atoms with Gasteiger partial charge in [-0.1, -0.05) is 30.3 Å². The third kappa shape index (κ3) is 7.14. The van der Waals surface area contributed by atoms with Gasteiger partial charge in [0.05, 0.1) is 13.5 Å². The molecule has 7 nitrogen and oxygen atoms in total. The lowest BCUT2D eigenvalue weighted by molar-refractivity contribution is -0.141. The molecule has 1 amide bonds. The number of rotatable bonds is 11. The van der Waals surface area contributed by atoms with Crippen molar-refractivity contribution in [3.8, 4) is 17.2 Å². The molecule has 3 aromatic rings. The molecular formula is C25H26N2O5. The Morgan fingerprint density at radius 2 is 1.50 bits per heavy atom. The molecule has 0 saturated carbocycles. The Hall–Kier alpha value is -3.84. The van der Waals surface area contributed by atoms with Crippen molar-refractivity contribution >= 4 is 17.6 Å². The molecular weight excluding hydrogens is 408 g/mol. The maximum atomic E-state index is 12.3. The van der Waals surface area contributed by atoms with Crippen molar-refractivity contribution < 1.29 is 24.2 Å². The number of carbonyl (C=O) groups is 2. The molecule has 0 spiro atoms. The van der Waals surface area contributed by atoms with Gasteiger partial charge in [0, 0.05) is 5.69 Å². The van der Waals surface area contributed by atoms with E-state index in [0.29, 0.717) is 30.2 Å². The lowest BCUT2D eigenvalue weighted by Crippen LogP contribution is -2.40. The Kier molecular flexibility index (Phi) is 8.22. The predicted octanol–water partition coefficient (Wildman–Crippen LogP) is 4.10. The molecule has 0 saturated heterocycles. The molecule has 166 valence electrons. The number of nitrogens with one attached hydrogen (secondary N) is 2. The zero-order valence-corrected chi connectivity index (χ0v) is 17.8. The third-order valence-electron chi connectivity index (χ3n) is 4.77. The molecule has 0 bridgehead atoms. The number of para-hydroxylation sites is 1. The minimum absolute atomic E-state index is 0.180. The molecule has 3 rings (SSSR count). The minimum Gasteiger partial charge on any atom is -0.497 e. The molecule has 0 aliphatic rings. The number of amides is 1. The van der Waals surface area contributed by atoms with Crippen molar-refractivity contribution in [1.82, 2.24) is 5.32 Å². The standard InChI is InChI=1S/C25H26N2O5/c1-31-20-11-7-18(8-12-20)15-16-26-23(25(29)30)17-24(28)27-19-9-13-22(14-10-19)32-21-5-3-2-4-6-21/h2-14,23,26H,15-17H2,1H3,(H,27,28)(H,29,30). The molecule has 32 heavy (non-hydrogen) atoms. The first-order valence-electron chi connectivity index (χ1n) is 10.3. The average molecular weight is 434 g/mol. The first-order valence-corrected chi connectivity index (χ1v) is 10.3. The molecule has 0 aromatic heterocycles. The van der Waals surface area contributed by atoms with Crippen LogP contribution in [0.5, 0.6) is 17.2 Å². The second kappa shape index (κ2) is 11.5. The van der Waals surface area contributed by atoms with Crippen LogP contribution in [0.25, 0.3) is 0 Å². The Bertz CT molecular complexity index is 1000. The van der Waals surface area contributed by atoms with Crippen molar-refractivity contribution in [1.29, 1.82) is 0 Å². The van der Waals surface area contributed by atoms with Gasteiger partial charge in [0.15, 0.2) is 0 Å². The number of anilines is 1. The number of carboxylic acids is 1. The van der Waals surface area contributed by atoms with E-state index in [1.54, 1.807) is 31.4 Å². The van der Waals surface area contributed by atoms with Gasteiger partial charge in [-0.3, -0.25) is 9.59 Å². The lowest BCUT2D eigenvalue weighted by Gasteiger charge is -2.15. The van der Waals surface area contributed by atoms with Crippen LogP contribution in [0.2, 0.25) is 0 Å². The number of hydrogen-bond donors (Lipinski definition) is 3. The first-order chi connectivity index (χ1) is 15.5. The van der Waals surface area contributed by atoms with Crippen molar-refractivity contribution in [2.45, 2.75) is 18.9 Å². The Morgan fingerprint density at radius 1 is 0.875 bits per heavy atom. The van der Waals surface area contributed by atoms with E-state index in [9.17, 15) is 14.7 Å². The quantitative estimate of drug-likeness (QED) is 0.420. The van der Waals surface area contributed by atoms with Crippen LogP contribution in [-0.2, 0) is 16.0 Å². The van der Waals surface area contributed by atoms with Gasteiger partial charge in [0.1, 0.15) is 23.3 Å². The molecule has 0 aliphatic carbocycles. The molecule has 3 N–H and O–H groups in total. The fourth-order valence-electron chi connectivity index (χ4n) is 3.06. The van der Waals surface area contributed by atoms with Crippen LogP contribution in [-0.4, -0.2) is 36.7 Å². The fourth-order valence-corrected chi connectivity index (χ4v) is 3.06. The van der Waals surface area contributed by atoms with Crippen LogP contribution in [0.1, 0.15) is 12.0 Å². The third-order valence-corrected chi connectivity index (χ3v) is 4.77. The highest BCUT2D eigenvalue weighted by Gasteiger charge is 2.20. The molecule has 0 radical (unpaired) electrons. The molecule has 0 aliphatic heterocycles. The van der Waals surface area contributed by atoms with Crippen molar-refractivity contribution in [2.75, 3.05) is 19.0 Å². The molecule has 3 aromatic carbocycles. The van der Waals surface area contributed by atoms with E-state index in [2.05, 4.69) is 10.6 Å². The topological polar surface area (TPSA) is 96.9 Å². The van der Waals surface area contributed by atoms with E-state index in [1.165, 1.54) is 0 Å². The zero-order valence-electron chi connectivity index (χ0n) is 17.8. The molecule has 1 unspecified atom stereocenters. The molecule has 0 fully saturated rings. The second-order valence-corrected chi connectivity index (χ2v) is 7.13. The van der Waals surface area contributed by atoms with E-state index in [-0.39, 0.29) is 12.3 Å². The van der Waals surface area contributed by atoms with Gasteiger partial charge >= 0.3 is 5.97 Å². The van der Waals surface area contributed by atoms with Gasteiger partial charge in [0.2, 0.25) is 5.91 Å². The second-order valence-electron chi connectivity index (χ2n) is 7.13. The van der Waals surface area contributed by atoms with Crippen LogP contribution < -0.4 is 20.1 Å². The van der Waals surface area contributed by atoms with Gasteiger partial charge in [-0.2, -0.15) is 0 Å². The summed E-state index contributed by atoms with van der Waals surface area (Å²) in [5.74, 6) is 0.668. The molecule has 0 heterocycles. The summed E-state index contributed by atoms with van der Waals surface area (Å²) in [5, 5.41) is 15.1. The first kappa shape index (κ1) is 22.8. The Balaban J connectivity index is 1.47. The van der Waals surface area contributed by atoms with Gasteiger partial charge < -0.3 is 25.2 Å². The van der Waals surface area contributed by atoms with Crippen LogP contribution in [0.3, 0.4) is 0 Å². The van der Waals surface area contributed by atoms with Crippen LogP contribution >= 0.6 is 0 Å². The highest BCUT2D eigenvalue weighted by molar-refractivity contribution is 5.94. The van der Waals surface area contributed by atoms with E-state index in [4.69, 9.17) is 9.47 Å². The number of benzene rings is 3. The Labute approximate surface area is 187 Å². The van der Waals surface area contributed by atoms with Crippen molar-refractivity contribution in [3.05, 3.63) is 84.4 Å². The number of carbonyl (C=O) groups excluding carboxylic acids is 1. The zero-order chi connectivity index (χ0) is 22.8. The average Bonchev–Trinajstić information content (AvgIpc) is 2.81. The highest BCUT2D eigenvalue weighted by atomic mass is 16.5. The fraction of sp³-hybridized carbons (Fsp3) is 0.200. The van der Waals surface area contributed by atoms with E-state index in [0.717, 1.165) is 11.3 Å². The van der Waals surface area contributed by atoms with Gasteiger partial charge in [0.25, 0.3) is 0 Å². The molecule has 7 heteroatoms. The monoisotopic (exact) mass is 434 g/mol. The van der Waals surface area contributed by atoms with Gasteiger partial charge in [-0.05, 0) is 67.1 Å². The minimum atomic E-state index is -1.07. The normalized spacial score (nSPS) is 11.4. The summed E-state index contributed by atoms with van der Waals surface area (Å²) >= 11 is 0. The van der Waals surface area contributed by atoms with Gasteiger partial charge in [-0.15, -0.1) is 0 Å². The van der Waals surface area contributed by atoms with Gasteiger partial charge in [-0.25, -0.2) is 0 Å². The largest absolute Gasteiger partial charge is 0.497 e. The SMILES string of the molecule is COc1ccc(CCNC(CC(=O)Nc2ccc(Oc3ccccc3)cc2)C(=O)O)cc1. The summed E-state index contributed by atoms with van der Waals surface area (Å²) in [5.41, 5.74) is 1.61. The van der Waals surface area contributed by atoms with E-state index < -0.39 is 12.0 Å². The summed E-state index contributed by atoms with van der Waals surface area (Å²) in [6.45, 7) is 0.433. The Morgan fingerprint density at radius 3 is 2.12 bits per heavy atom. The van der Waals surface area contributed by atoms with Crippen LogP contribution in [0, 0.1) is 0 Å². The number of hydrogen-bond acceptors (Lipinski definition) is 5. The van der Waals surface area contributed by atoms with Crippen LogP contribution in [0.4, 0.5) is 5.69 Å². The number of ether oxygens (including phenoxy) is 2. The summed E-state index contributed by atoms with van der Waals surface area (Å²) in [6, 6.07) is 22.9. The maximum Gasteiger partial charge on any atom is 0.321 e. The smallest absolute Gasteiger partial charge is 0.321 e. The van der Waals surface area contributed by atoms with E-state index in [1.807, 2.05) is 54.6 Å². The summed E-state index contributed by atoms with van der Waals surface area (Å²) in [7, 11) is 1.60. The predicted molar refractivity (Wildman–Crippen MR) is 122 cm³/mol. The van der Waals surface area contributed by atoms with Crippen molar-refractivity contribution in [2.24, 2.45) is 0 Å². The highest BCUT2D eigenvalue weighted by Crippen LogP contribution is 2.22. The van der Waals surface area contributed by atoms with Crippen molar-refractivity contribution in [3.63, 3.8) is 0 Å². The summed E-state index contributed by atoms with van der Waals surface area (Å²) in [6.07, 6.45) is 0.457. The lowest BCUT2D eigenvalue weighted by atomic mass is 10.1. The maximum absolute atomic E-state index is 12.3. The number of methoxy groups -OCH3 is 1.